The quantitative estimate of drug-likeness (QED) is 0.745. The lowest BCUT2D eigenvalue weighted by atomic mass is 9.96. The Bertz CT molecular complexity index is 860. The molecule has 5 nitrogen and oxygen atoms in total. The molecule has 2 aromatic heterocycles. The molecule has 0 unspecified atom stereocenters. The minimum Gasteiger partial charge on any atom is -0.337 e. The van der Waals surface area contributed by atoms with Gasteiger partial charge in [0.1, 0.15) is 0 Å². The molecule has 0 spiro atoms. The third kappa shape index (κ3) is 2.85. The minimum absolute atomic E-state index is 0.0230. The van der Waals surface area contributed by atoms with Crippen LogP contribution in [0.3, 0.4) is 0 Å². The van der Waals surface area contributed by atoms with Crippen LogP contribution in [0.25, 0.3) is 10.9 Å². The number of hydrogen-bond acceptors (Lipinski definition) is 4. The van der Waals surface area contributed by atoms with Gasteiger partial charge in [-0.1, -0.05) is 18.2 Å². The molecule has 24 heavy (non-hydrogen) atoms. The van der Waals surface area contributed by atoms with Crippen LogP contribution in [0.2, 0.25) is 0 Å². The monoisotopic (exact) mass is 318 g/mol. The van der Waals surface area contributed by atoms with Gasteiger partial charge in [0, 0.05) is 30.9 Å². The summed E-state index contributed by atoms with van der Waals surface area (Å²) in [5.41, 5.74) is 2.76. The Kier molecular flexibility index (Phi) is 3.91. The molecule has 120 valence electrons. The topological polar surface area (TPSA) is 59.0 Å². The Morgan fingerprint density at radius 3 is 2.92 bits per heavy atom. The molecule has 0 aliphatic carbocycles. The second kappa shape index (κ2) is 6.35. The van der Waals surface area contributed by atoms with Crippen LogP contribution in [0.4, 0.5) is 0 Å². The predicted octanol–water partition coefficient (Wildman–Crippen LogP) is 2.73. The first-order valence-electron chi connectivity index (χ1n) is 8.21. The smallest absolute Gasteiger partial charge is 0.274 e. The van der Waals surface area contributed by atoms with Crippen molar-refractivity contribution < 1.29 is 4.79 Å². The predicted molar refractivity (Wildman–Crippen MR) is 91.5 cm³/mol. The molecule has 1 atom stereocenters. The molecule has 1 fully saturated rings. The first-order valence-corrected chi connectivity index (χ1v) is 8.21. The summed E-state index contributed by atoms with van der Waals surface area (Å²) < 4.78 is 0. The summed E-state index contributed by atoms with van der Waals surface area (Å²) in [5, 5.41) is 8.92. The number of fused-ring (bicyclic) bond motifs is 1. The highest BCUT2D eigenvalue weighted by molar-refractivity contribution is 5.92. The van der Waals surface area contributed by atoms with E-state index >= 15 is 0 Å². The van der Waals surface area contributed by atoms with Crippen LogP contribution in [-0.2, 0) is 6.42 Å². The standard InChI is InChI=1S/C19H18N4O/c24-19(18-6-3-9-21-22-18)23-11-8-14(13-23)12-15-7-10-20-17-5-2-1-4-16(15)17/h1-7,9-10,14H,8,11-13H2/t14-/m0/s1. The van der Waals surface area contributed by atoms with Crippen molar-refractivity contribution in [1.82, 2.24) is 20.1 Å². The van der Waals surface area contributed by atoms with Crippen LogP contribution in [0, 0.1) is 5.92 Å². The number of likely N-dealkylation sites (tertiary alicyclic amines) is 1. The fourth-order valence-corrected chi connectivity index (χ4v) is 3.41. The second-order valence-electron chi connectivity index (χ2n) is 6.21. The van der Waals surface area contributed by atoms with E-state index in [0.717, 1.165) is 31.4 Å². The fraction of sp³-hybridized carbons (Fsp3) is 0.263. The molecular formula is C19H18N4O. The largest absolute Gasteiger partial charge is 0.337 e. The lowest BCUT2D eigenvalue weighted by Gasteiger charge is -2.16. The molecule has 5 heteroatoms. The first kappa shape index (κ1) is 14.8. The van der Waals surface area contributed by atoms with Gasteiger partial charge in [0.15, 0.2) is 5.69 Å². The Labute approximate surface area is 140 Å². The number of aromatic nitrogens is 3. The van der Waals surface area contributed by atoms with Crippen LogP contribution in [0.15, 0.2) is 54.9 Å². The maximum atomic E-state index is 12.5. The van der Waals surface area contributed by atoms with Gasteiger partial charge in [0.2, 0.25) is 0 Å². The molecule has 3 heterocycles. The minimum atomic E-state index is -0.0230. The second-order valence-corrected chi connectivity index (χ2v) is 6.21. The van der Waals surface area contributed by atoms with Crippen molar-refractivity contribution in [2.24, 2.45) is 5.92 Å². The third-order valence-electron chi connectivity index (χ3n) is 4.61. The van der Waals surface area contributed by atoms with Crippen molar-refractivity contribution in [2.45, 2.75) is 12.8 Å². The van der Waals surface area contributed by atoms with Gasteiger partial charge >= 0.3 is 0 Å². The number of rotatable bonds is 3. The number of nitrogens with zero attached hydrogens (tertiary/aromatic N) is 4. The number of para-hydroxylation sites is 1. The molecule has 1 saturated heterocycles. The van der Waals surface area contributed by atoms with Gasteiger partial charge in [-0.15, -0.1) is 5.10 Å². The molecule has 4 rings (SSSR count). The van der Waals surface area contributed by atoms with Crippen LogP contribution in [0.1, 0.15) is 22.5 Å². The van der Waals surface area contributed by atoms with E-state index in [1.54, 1.807) is 18.3 Å². The van der Waals surface area contributed by atoms with E-state index in [1.165, 1.54) is 10.9 Å². The summed E-state index contributed by atoms with van der Waals surface area (Å²) in [6.45, 7) is 1.55. The average Bonchev–Trinajstić information content (AvgIpc) is 3.11. The Morgan fingerprint density at radius 1 is 1.12 bits per heavy atom. The average molecular weight is 318 g/mol. The Hall–Kier alpha value is -2.82. The van der Waals surface area contributed by atoms with Gasteiger partial charge in [-0.05, 0) is 48.6 Å². The molecule has 0 bridgehead atoms. The highest BCUT2D eigenvalue weighted by atomic mass is 16.2. The summed E-state index contributed by atoms with van der Waals surface area (Å²) in [6.07, 6.45) is 5.43. The molecule has 1 aliphatic heterocycles. The van der Waals surface area contributed by atoms with E-state index in [0.29, 0.717) is 11.6 Å². The van der Waals surface area contributed by atoms with Crippen LogP contribution < -0.4 is 0 Å². The van der Waals surface area contributed by atoms with Crippen molar-refractivity contribution in [3.05, 3.63) is 66.1 Å². The highest BCUT2D eigenvalue weighted by Gasteiger charge is 2.28. The van der Waals surface area contributed by atoms with E-state index in [2.05, 4.69) is 27.3 Å². The van der Waals surface area contributed by atoms with E-state index in [4.69, 9.17) is 0 Å². The zero-order chi connectivity index (χ0) is 16.4. The van der Waals surface area contributed by atoms with Crippen LogP contribution in [0.5, 0.6) is 0 Å². The summed E-state index contributed by atoms with van der Waals surface area (Å²) in [7, 11) is 0. The van der Waals surface area contributed by atoms with Crippen molar-refractivity contribution in [3.8, 4) is 0 Å². The fourth-order valence-electron chi connectivity index (χ4n) is 3.41. The first-order chi connectivity index (χ1) is 11.8. The van der Waals surface area contributed by atoms with Crippen LogP contribution in [-0.4, -0.2) is 39.1 Å². The van der Waals surface area contributed by atoms with E-state index < -0.39 is 0 Å². The van der Waals surface area contributed by atoms with Gasteiger partial charge in [0.05, 0.1) is 5.52 Å². The number of hydrogen-bond donors (Lipinski definition) is 0. The number of pyridine rings is 1. The lowest BCUT2D eigenvalue weighted by molar-refractivity contribution is 0.0780. The van der Waals surface area contributed by atoms with Gasteiger partial charge in [-0.2, -0.15) is 5.10 Å². The zero-order valence-corrected chi connectivity index (χ0v) is 13.3. The molecule has 0 N–H and O–H groups in total. The molecule has 0 saturated carbocycles. The number of carbonyl (C=O) groups is 1. The molecule has 1 aliphatic rings. The Balaban J connectivity index is 1.48. The Morgan fingerprint density at radius 2 is 2.04 bits per heavy atom. The van der Waals surface area contributed by atoms with Crippen molar-refractivity contribution >= 4 is 16.8 Å². The summed E-state index contributed by atoms with van der Waals surface area (Å²) in [5.74, 6) is 0.446. The van der Waals surface area contributed by atoms with Crippen molar-refractivity contribution in [2.75, 3.05) is 13.1 Å². The van der Waals surface area contributed by atoms with Gasteiger partial charge in [-0.25, -0.2) is 0 Å². The van der Waals surface area contributed by atoms with E-state index in [-0.39, 0.29) is 5.91 Å². The van der Waals surface area contributed by atoms with Crippen LogP contribution >= 0.6 is 0 Å². The molecule has 0 radical (unpaired) electrons. The van der Waals surface area contributed by atoms with E-state index in [1.807, 2.05) is 29.3 Å². The van der Waals surface area contributed by atoms with Crippen molar-refractivity contribution in [1.29, 1.82) is 0 Å². The zero-order valence-electron chi connectivity index (χ0n) is 13.3. The normalized spacial score (nSPS) is 17.3. The summed E-state index contributed by atoms with van der Waals surface area (Å²) >= 11 is 0. The van der Waals surface area contributed by atoms with Gasteiger partial charge in [-0.3, -0.25) is 9.78 Å². The van der Waals surface area contributed by atoms with E-state index in [9.17, 15) is 4.79 Å². The number of amides is 1. The molecule has 3 aromatic rings. The van der Waals surface area contributed by atoms with Gasteiger partial charge < -0.3 is 4.90 Å². The lowest BCUT2D eigenvalue weighted by Crippen LogP contribution is -2.29. The number of benzene rings is 1. The molecule has 1 aromatic carbocycles. The maximum Gasteiger partial charge on any atom is 0.274 e. The molecular weight excluding hydrogens is 300 g/mol. The molecule has 1 amide bonds. The maximum absolute atomic E-state index is 12.5. The summed E-state index contributed by atoms with van der Waals surface area (Å²) in [4.78, 5) is 18.8. The third-order valence-corrected chi connectivity index (χ3v) is 4.61. The number of carbonyl (C=O) groups excluding carboxylic acids is 1. The SMILES string of the molecule is O=C(c1cccnn1)N1CC[C@@H](Cc2ccnc3ccccc23)C1. The highest BCUT2D eigenvalue weighted by Crippen LogP contribution is 2.25. The van der Waals surface area contributed by atoms with Crippen molar-refractivity contribution in [3.63, 3.8) is 0 Å². The van der Waals surface area contributed by atoms with Gasteiger partial charge in [0.25, 0.3) is 5.91 Å². The summed E-state index contributed by atoms with van der Waals surface area (Å²) in [6, 6.07) is 13.8.